The zero-order chi connectivity index (χ0) is 12.5. The molecule has 1 aromatic carbocycles. The van der Waals surface area contributed by atoms with Crippen LogP contribution < -0.4 is 0 Å². The Kier molecular flexibility index (Phi) is 2.69. The molecular formula is C11H8N2O3S. The van der Waals surface area contributed by atoms with Gasteiger partial charge in [-0.2, -0.15) is 5.26 Å². The van der Waals surface area contributed by atoms with Gasteiger partial charge in [0, 0.05) is 17.9 Å². The number of nitriles is 1. The first kappa shape index (κ1) is 11.4. The van der Waals surface area contributed by atoms with Gasteiger partial charge in [-0.25, -0.2) is 8.42 Å². The number of aromatic nitrogens is 1. The maximum atomic E-state index is 11.3. The second-order valence-corrected chi connectivity index (χ2v) is 5.50. The van der Waals surface area contributed by atoms with Gasteiger partial charge in [0.25, 0.3) is 0 Å². The molecule has 1 heterocycles. The predicted octanol–water partition coefficient (Wildman–Crippen LogP) is 1.62. The van der Waals surface area contributed by atoms with E-state index in [4.69, 9.17) is 9.78 Å². The summed E-state index contributed by atoms with van der Waals surface area (Å²) in [7, 11) is -3.20. The summed E-state index contributed by atoms with van der Waals surface area (Å²) in [6.07, 6.45) is 1.14. The van der Waals surface area contributed by atoms with Crippen molar-refractivity contribution in [2.45, 2.75) is 4.90 Å². The highest BCUT2D eigenvalue weighted by atomic mass is 32.2. The zero-order valence-electron chi connectivity index (χ0n) is 8.91. The number of sulfone groups is 1. The summed E-state index contributed by atoms with van der Waals surface area (Å²) in [6, 6.07) is 9.54. The van der Waals surface area contributed by atoms with E-state index in [9.17, 15) is 8.42 Å². The van der Waals surface area contributed by atoms with Crippen molar-refractivity contribution in [3.63, 3.8) is 0 Å². The van der Waals surface area contributed by atoms with Crippen LogP contribution in [0.15, 0.2) is 39.8 Å². The highest BCUT2D eigenvalue weighted by Crippen LogP contribution is 2.21. The molecule has 0 aliphatic carbocycles. The highest BCUT2D eigenvalue weighted by Gasteiger charge is 2.09. The molecule has 2 rings (SSSR count). The van der Waals surface area contributed by atoms with Crippen molar-refractivity contribution in [1.29, 1.82) is 5.26 Å². The first-order chi connectivity index (χ1) is 8.00. The van der Waals surface area contributed by atoms with Gasteiger partial charge in [0.2, 0.25) is 0 Å². The maximum Gasteiger partial charge on any atom is 0.184 e. The van der Waals surface area contributed by atoms with E-state index >= 15 is 0 Å². The summed E-state index contributed by atoms with van der Waals surface area (Å²) in [5.74, 6) is 0.432. The third-order valence-electron chi connectivity index (χ3n) is 2.19. The number of rotatable bonds is 2. The Hall–Kier alpha value is -2.13. The van der Waals surface area contributed by atoms with Gasteiger partial charge < -0.3 is 4.52 Å². The molecule has 0 radical (unpaired) electrons. The Morgan fingerprint density at radius 3 is 2.41 bits per heavy atom. The van der Waals surface area contributed by atoms with Crippen LogP contribution in [-0.2, 0) is 9.84 Å². The highest BCUT2D eigenvalue weighted by molar-refractivity contribution is 7.90. The number of hydrogen-bond donors (Lipinski definition) is 0. The van der Waals surface area contributed by atoms with Gasteiger partial charge in [-0.1, -0.05) is 5.16 Å². The largest absolute Gasteiger partial charge is 0.355 e. The van der Waals surface area contributed by atoms with Crippen molar-refractivity contribution in [1.82, 2.24) is 5.16 Å². The van der Waals surface area contributed by atoms with E-state index in [0.717, 1.165) is 6.26 Å². The molecule has 0 fully saturated rings. The van der Waals surface area contributed by atoms with Crippen molar-refractivity contribution in [2.75, 3.05) is 6.26 Å². The molecule has 0 amide bonds. The molecule has 5 nitrogen and oxygen atoms in total. The van der Waals surface area contributed by atoms with Crippen LogP contribution in [0.1, 0.15) is 5.69 Å². The fourth-order valence-electron chi connectivity index (χ4n) is 1.33. The lowest BCUT2D eigenvalue weighted by atomic mass is 10.2. The van der Waals surface area contributed by atoms with Gasteiger partial charge in [0.05, 0.1) is 4.90 Å². The third kappa shape index (κ3) is 2.34. The molecule has 0 bridgehead atoms. The molecule has 6 heteroatoms. The van der Waals surface area contributed by atoms with Crippen molar-refractivity contribution >= 4 is 9.84 Å². The molecule has 0 aliphatic heterocycles. The molecule has 0 N–H and O–H groups in total. The minimum Gasteiger partial charge on any atom is -0.355 e. The fraction of sp³-hybridized carbons (Fsp3) is 0.0909. The Labute approximate surface area is 98.2 Å². The molecule has 1 aromatic heterocycles. The van der Waals surface area contributed by atoms with Crippen molar-refractivity contribution in [3.8, 4) is 17.4 Å². The summed E-state index contributed by atoms with van der Waals surface area (Å²) >= 11 is 0. The van der Waals surface area contributed by atoms with Crippen LogP contribution in [0, 0.1) is 11.3 Å². The van der Waals surface area contributed by atoms with E-state index in [1.165, 1.54) is 18.2 Å². The lowest BCUT2D eigenvalue weighted by Gasteiger charge is -1.99. The lowest BCUT2D eigenvalue weighted by molar-refractivity contribution is 0.430. The molecule has 0 saturated heterocycles. The second-order valence-electron chi connectivity index (χ2n) is 3.48. The average molecular weight is 248 g/mol. The van der Waals surface area contributed by atoms with Crippen LogP contribution in [-0.4, -0.2) is 19.8 Å². The van der Waals surface area contributed by atoms with Gasteiger partial charge >= 0.3 is 0 Å². The van der Waals surface area contributed by atoms with E-state index in [1.807, 2.05) is 6.07 Å². The summed E-state index contributed by atoms with van der Waals surface area (Å²) < 4.78 is 27.4. The van der Waals surface area contributed by atoms with Gasteiger partial charge in [-0.05, 0) is 24.3 Å². The first-order valence-electron chi connectivity index (χ1n) is 4.68. The van der Waals surface area contributed by atoms with E-state index < -0.39 is 9.84 Å². The molecule has 86 valence electrons. The summed E-state index contributed by atoms with van der Waals surface area (Å²) in [4.78, 5) is 0.237. The van der Waals surface area contributed by atoms with Crippen LogP contribution in [0.4, 0.5) is 0 Å². The second kappa shape index (κ2) is 4.03. The average Bonchev–Trinajstić information content (AvgIpc) is 2.76. The number of hydrogen-bond acceptors (Lipinski definition) is 5. The van der Waals surface area contributed by atoms with Crippen LogP contribution in [0.2, 0.25) is 0 Å². The lowest BCUT2D eigenvalue weighted by Crippen LogP contribution is -1.95. The van der Waals surface area contributed by atoms with Crippen LogP contribution in [0.3, 0.4) is 0 Å². The molecule has 17 heavy (non-hydrogen) atoms. The quantitative estimate of drug-likeness (QED) is 0.806. The maximum absolute atomic E-state index is 11.3. The normalized spacial score (nSPS) is 11.1. The van der Waals surface area contributed by atoms with E-state index in [1.54, 1.807) is 12.1 Å². The molecule has 0 saturated carbocycles. The van der Waals surface area contributed by atoms with Crippen molar-refractivity contribution < 1.29 is 12.9 Å². The van der Waals surface area contributed by atoms with Crippen LogP contribution in [0.5, 0.6) is 0 Å². The molecule has 0 spiro atoms. The predicted molar refractivity (Wildman–Crippen MR) is 59.8 cm³/mol. The van der Waals surface area contributed by atoms with Gasteiger partial charge in [-0.3, -0.25) is 0 Å². The Morgan fingerprint density at radius 1 is 1.29 bits per heavy atom. The standard InChI is InChI=1S/C11H8N2O3S/c1-17(14,15)10-4-2-8(3-5-10)11-6-9(7-12)13-16-11/h2-6H,1H3. The van der Waals surface area contributed by atoms with Gasteiger partial charge in [0.1, 0.15) is 6.07 Å². The number of nitrogens with zero attached hydrogens (tertiary/aromatic N) is 2. The van der Waals surface area contributed by atoms with Crippen LogP contribution >= 0.6 is 0 Å². The van der Waals surface area contributed by atoms with E-state index in [-0.39, 0.29) is 10.6 Å². The third-order valence-corrected chi connectivity index (χ3v) is 3.32. The Bertz CT molecular complexity index is 678. The fourth-order valence-corrected chi connectivity index (χ4v) is 1.96. The summed E-state index contributed by atoms with van der Waals surface area (Å²) in [5, 5.41) is 12.1. The SMILES string of the molecule is CS(=O)(=O)c1ccc(-c2cc(C#N)no2)cc1. The van der Waals surface area contributed by atoms with E-state index in [2.05, 4.69) is 5.16 Å². The monoisotopic (exact) mass is 248 g/mol. The summed E-state index contributed by atoms with van der Waals surface area (Å²) in [6.45, 7) is 0. The van der Waals surface area contributed by atoms with Gasteiger partial charge in [0.15, 0.2) is 21.3 Å². The molecule has 0 unspecified atom stereocenters. The van der Waals surface area contributed by atoms with Gasteiger partial charge in [-0.15, -0.1) is 0 Å². The minimum absolute atomic E-state index is 0.187. The Balaban J connectivity index is 2.40. The minimum atomic E-state index is -3.20. The first-order valence-corrected chi connectivity index (χ1v) is 6.57. The van der Waals surface area contributed by atoms with Crippen molar-refractivity contribution in [2.24, 2.45) is 0 Å². The topological polar surface area (TPSA) is 84.0 Å². The molecule has 0 aliphatic rings. The van der Waals surface area contributed by atoms with E-state index in [0.29, 0.717) is 11.3 Å². The summed E-state index contributed by atoms with van der Waals surface area (Å²) in [5.41, 5.74) is 0.860. The zero-order valence-corrected chi connectivity index (χ0v) is 9.73. The van der Waals surface area contributed by atoms with Crippen LogP contribution in [0.25, 0.3) is 11.3 Å². The molecule has 0 atom stereocenters. The molecular weight excluding hydrogens is 240 g/mol. The molecule has 2 aromatic rings. The Morgan fingerprint density at radius 2 is 1.94 bits per heavy atom. The smallest absolute Gasteiger partial charge is 0.184 e. The number of benzene rings is 1. The van der Waals surface area contributed by atoms with Crippen molar-refractivity contribution in [3.05, 3.63) is 36.0 Å².